The van der Waals surface area contributed by atoms with Crippen molar-refractivity contribution in [2.24, 2.45) is 0 Å². The summed E-state index contributed by atoms with van der Waals surface area (Å²) in [4.78, 5) is 4.44. The fraction of sp³-hybridized carbons (Fsp3) is 0.727. The van der Waals surface area contributed by atoms with Crippen molar-refractivity contribution in [2.75, 3.05) is 13.6 Å². The van der Waals surface area contributed by atoms with Crippen LogP contribution in [0.1, 0.15) is 37.2 Å². The zero-order valence-corrected chi connectivity index (χ0v) is 10.1. The number of nitrogens with zero attached hydrogens (tertiary/aromatic N) is 2. The molecule has 1 aliphatic heterocycles. The van der Waals surface area contributed by atoms with Crippen molar-refractivity contribution in [1.82, 2.24) is 14.9 Å². The zero-order valence-electron chi connectivity index (χ0n) is 9.39. The van der Waals surface area contributed by atoms with Gasteiger partial charge < -0.3 is 9.88 Å². The minimum atomic E-state index is 0.532. The molecule has 84 valence electrons. The lowest BCUT2D eigenvalue weighted by Crippen LogP contribution is -2.24. The van der Waals surface area contributed by atoms with Crippen LogP contribution in [0.25, 0.3) is 0 Å². The summed E-state index contributed by atoms with van der Waals surface area (Å²) in [6.07, 6.45) is 3.42. The Morgan fingerprint density at radius 2 is 2.40 bits per heavy atom. The Bertz CT molecular complexity index is 346. The minimum absolute atomic E-state index is 0.532. The first-order valence-corrected chi connectivity index (χ1v) is 6.05. The summed E-state index contributed by atoms with van der Waals surface area (Å²) in [5, 5.41) is 3.95. The summed E-state index contributed by atoms with van der Waals surface area (Å²) in [6.45, 7) is 4.21. The van der Waals surface area contributed by atoms with E-state index in [9.17, 15) is 0 Å². The average Bonchev–Trinajstić information content (AvgIpc) is 2.57. The van der Waals surface area contributed by atoms with Crippen LogP contribution in [0.4, 0.5) is 0 Å². The van der Waals surface area contributed by atoms with E-state index in [1.807, 2.05) is 7.05 Å². The number of fused-ring (bicyclic) bond motifs is 1. The van der Waals surface area contributed by atoms with Gasteiger partial charge in [-0.3, -0.25) is 0 Å². The summed E-state index contributed by atoms with van der Waals surface area (Å²) < 4.78 is 2.31. The van der Waals surface area contributed by atoms with Gasteiger partial charge in [0.05, 0.1) is 5.69 Å². The Hall–Kier alpha value is -0.540. The van der Waals surface area contributed by atoms with Crippen LogP contribution in [0.5, 0.6) is 0 Å². The van der Waals surface area contributed by atoms with Gasteiger partial charge in [-0.15, -0.1) is 0 Å². The third kappa shape index (κ3) is 1.91. The molecule has 15 heavy (non-hydrogen) atoms. The van der Waals surface area contributed by atoms with E-state index in [0.717, 1.165) is 25.3 Å². The molecule has 0 radical (unpaired) electrons. The highest BCUT2D eigenvalue weighted by Gasteiger charge is 2.25. The Morgan fingerprint density at radius 3 is 3.07 bits per heavy atom. The number of rotatable bonds is 3. The highest BCUT2D eigenvalue weighted by Crippen LogP contribution is 2.33. The molecule has 1 aliphatic rings. The van der Waals surface area contributed by atoms with Crippen molar-refractivity contribution in [3.63, 3.8) is 0 Å². The molecule has 2 heterocycles. The van der Waals surface area contributed by atoms with Gasteiger partial charge >= 0.3 is 0 Å². The normalized spacial score (nSPS) is 20.3. The first kappa shape index (κ1) is 11.0. The first-order valence-electron chi connectivity index (χ1n) is 5.67. The quantitative estimate of drug-likeness (QED) is 0.858. The van der Waals surface area contributed by atoms with E-state index >= 15 is 0 Å². The second-order valence-corrected chi connectivity index (χ2v) is 4.46. The summed E-state index contributed by atoms with van der Waals surface area (Å²) in [6, 6.07) is 0. The van der Waals surface area contributed by atoms with Gasteiger partial charge in [0.25, 0.3) is 0 Å². The summed E-state index contributed by atoms with van der Waals surface area (Å²) >= 11 is 6.21. The number of aromatic nitrogens is 2. The molecule has 0 aliphatic carbocycles. The Morgan fingerprint density at radius 1 is 1.60 bits per heavy atom. The van der Waals surface area contributed by atoms with E-state index < -0.39 is 0 Å². The summed E-state index contributed by atoms with van der Waals surface area (Å²) in [7, 11) is 1.99. The van der Waals surface area contributed by atoms with Crippen LogP contribution in [0.2, 0.25) is 5.15 Å². The van der Waals surface area contributed by atoms with Crippen molar-refractivity contribution in [1.29, 1.82) is 0 Å². The van der Waals surface area contributed by atoms with Gasteiger partial charge in [0.15, 0.2) is 5.15 Å². The molecule has 1 atom stereocenters. The Labute approximate surface area is 95.8 Å². The molecule has 1 aromatic rings. The van der Waals surface area contributed by atoms with E-state index in [2.05, 4.69) is 21.8 Å². The van der Waals surface area contributed by atoms with Crippen molar-refractivity contribution >= 4 is 11.6 Å². The topological polar surface area (TPSA) is 29.9 Å². The molecule has 1 aromatic heterocycles. The molecule has 4 heteroatoms. The lowest BCUT2D eigenvalue weighted by Gasteiger charge is -2.25. The van der Waals surface area contributed by atoms with Gasteiger partial charge in [0.1, 0.15) is 5.82 Å². The predicted molar refractivity (Wildman–Crippen MR) is 62.5 cm³/mol. The molecular formula is C11H18ClN3. The second kappa shape index (κ2) is 4.54. The predicted octanol–water partition coefficient (Wildman–Crippen LogP) is 2.20. The molecule has 0 spiro atoms. The summed E-state index contributed by atoms with van der Waals surface area (Å²) in [5.41, 5.74) is 1.24. The molecule has 3 nitrogen and oxygen atoms in total. The van der Waals surface area contributed by atoms with Gasteiger partial charge in [0, 0.05) is 25.4 Å². The van der Waals surface area contributed by atoms with Crippen molar-refractivity contribution < 1.29 is 0 Å². The fourth-order valence-corrected chi connectivity index (χ4v) is 2.82. The second-order valence-electron chi connectivity index (χ2n) is 4.11. The smallest absolute Gasteiger partial charge is 0.150 e. The van der Waals surface area contributed by atoms with Gasteiger partial charge in [0.2, 0.25) is 0 Å². The molecule has 0 saturated heterocycles. The van der Waals surface area contributed by atoms with Crippen LogP contribution in [-0.4, -0.2) is 23.1 Å². The standard InChI is InChI=1S/C11H18ClN3/c1-3-9-14-11(12)10-8(7-13-2)5-4-6-15(9)10/h8,13H,3-7H2,1-2H3. The zero-order chi connectivity index (χ0) is 10.8. The Kier molecular flexibility index (Phi) is 3.32. The minimum Gasteiger partial charge on any atom is -0.330 e. The number of nitrogens with one attached hydrogen (secondary N) is 1. The molecule has 0 bridgehead atoms. The number of likely N-dealkylation sites (N-methyl/N-ethyl adjacent to an activating group) is 1. The highest BCUT2D eigenvalue weighted by molar-refractivity contribution is 6.30. The molecule has 1 unspecified atom stereocenters. The van der Waals surface area contributed by atoms with Crippen molar-refractivity contribution in [3.8, 4) is 0 Å². The van der Waals surface area contributed by atoms with E-state index in [1.165, 1.54) is 18.5 Å². The molecule has 0 saturated carbocycles. The number of hydrogen-bond acceptors (Lipinski definition) is 2. The molecule has 0 fully saturated rings. The van der Waals surface area contributed by atoms with E-state index in [-0.39, 0.29) is 0 Å². The third-order valence-corrected chi connectivity index (χ3v) is 3.41. The van der Waals surface area contributed by atoms with Crippen LogP contribution in [-0.2, 0) is 13.0 Å². The number of hydrogen-bond donors (Lipinski definition) is 1. The van der Waals surface area contributed by atoms with Gasteiger partial charge in [-0.05, 0) is 19.9 Å². The maximum atomic E-state index is 6.21. The monoisotopic (exact) mass is 227 g/mol. The van der Waals surface area contributed by atoms with Crippen LogP contribution < -0.4 is 5.32 Å². The molecule has 0 aromatic carbocycles. The molecule has 2 rings (SSSR count). The van der Waals surface area contributed by atoms with Gasteiger partial charge in [-0.1, -0.05) is 18.5 Å². The first-order chi connectivity index (χ1) is 7.27. The molecule has 1 N–H and O–H groups in total. The summed E-state index contributed by atoms with van der Waals surface area (Å²) in [5.74, 6) is 1.67. The van der Waals surface area contributed by atoms with E-state index in [4.69, 9.17) is 11.6 Å². The molecular weight excluding hydrogens is 210 g/mol. The molecule has 0 amide bonds. The average molecular weight is 228 g/mol. The number of aryl methyl sites for hydroxylation is 1. The van der Waals surface area contributed by atoms with E-state index in [1.54, 1.807) is 0 Å². The van der Waals surface area contributed by atoms with Crippen LogP contribution >= 0.6 is 11.6 Å². The Balaban J connectivity index is 2.37. The maximum absolute atomic E-state index is 6.21. The van der Waals surface area contributed by atoms with E-state index in [0.29, 0.717) is 11.1 Å². The number of halogens is 1. The lowest BCUT2D eigenvalue weighted by atomic mass is 9.96. The fourth-order valence-electron chi connectivity index (χ4n) is 2.47. The van der Waals surface area contributed by atoms with Crippen molar-refractivity contribution in [3.05, 3.63) is 16.7 Å². The third-order valence-electron chi connectivity index (χ3n) is 3.13. The maximum Gasteiger partial charge on any atom is 0.150 e. The van der Waals surface area contributed by atoms with Gasteiger partial charge in [-0.25, -0.2) is 4.98 Å². The highest BCUT2D eigenvalue weighted by atomic mass is 35.5. The number of imidazole rings is 1. The largest absolute Gasteiger partial charge is 0.330 e. The SMILES string of the molecule is CCc1nc(Cl)c2n1CCCC2CNC. The van der Waals surface area contributed by atoms with Crippen molar-refractivity contribution in [2.45, 2.75) is 38.6 Å². The van der Waals surface area contributed by atoms with Crippen LogP contribution in [0.15, 0.2) is 0 Å². The van der Waals surface area contributed by atoms with Crippen LogP contribution in [0.3, 0.4) is 0 Å². The van der Waals surface area contributed by atoms with Crippen LogP contribution in [0, 0.1) is 0 Å². The lowest BCUT2D eigenvalue weighted by molar-refractivity contribution is 0.435. The van der Waals surface area contributed by atoms with Gasteiger partial charge in [-0.2, -0.15) is 0 Å².